The maximum absolute atomic E-state index is 13.3. The zero-order chi connectivity index (χ0) is 18.8. The molecule has 0 radical (unpaired) electrons. The van der Waals surface area contributed by atoms with E-state index in [0.717, 1.165) is 29.6 Å². The molecule has 2 aromatic rings. The van der Waals surface area contributed by atoms with E-state index in [0.29, 0.717) is 23.7 Å². The van der Waals surface area contributed by atoms with Gasteiger partial charge in [0.1, 0.15) is 5.82 Å². The van der Waals surface area contributed by atoms with Gasteiger partial charge in [0.2, 0.25) is 0 Å². The Bertz CT molecular complexity index is 918. The molecule has 140 valence electrons. The maximum atomic E-state index is 13.3. The second-order valence-electron chi connectivity index (χ2n) is 6.70. The van der Waals surface area contributed by atoms with Gasteiger partial charge in [-0.15, -0.1) is 0 Å². The molecule has 3 rings (SSSR count). The molecule has 0 aliphatic carbocycles. The third-order valence-electron chi connectivity index (χ3n) is 4.83. The smallest absolute Gasteiger partial charge is 0.315 e. The average molecular weight is 381 g/mol. The lowest BCUT2D eigenvalue weighted by Crippen LogP contribution is -2.42. The minimum absolute atomic E-state index is 0.234. The van der Waals surface area contributed by atoms with Gasteiger partial charge in [0.05, 0.1) is 0 Å². The number of nitrogens with one attached hydrogen (secondary N) is 1. The van der Waals surface area contributed by atoms with E-state index in [4.69, 9.17) is 11.6 Å². The van der Waals surface area contributed by atoms with Gasteiger partial charge in [0.15, 0.2) is 0 Å². The number of hydrogen-bond donors (Lipinski definition) is 1. The van der Waals surface area contributed by atoms with Crippen molar-refractivity contribution in [1.29, 1.82) is 0 Å². The molecule has 0 amide bonds. The molecule has 1 fully saturated rings. The minimum Gasteiger partial charge on any atom is -0.315 e. The highest BCUT2D eigenvalue weighted by Gasteiger charge is 2.24. The summed E-state index contributed by atoms with van der Waals surface area (Å²) in [6.07, 6.45) is 2.54. The van der Waals surface area contributed by atoms with E-state index in [1.54, 1.807) is 19.3 Å². The topological polar surface area (TPSA) is 59.3 Å². The van der Waals surface area contributed by atoms with Crippen LogP contribution < -0.4 is 16.6 Å². The fourth-order valence-electron chi connectivity index (χ4n) is 3.34. The summed E-state index contributed by atoms with van der Waals surface area (Å²) in [6, 6.07) is 4.59. The van der Waals surface area contributed by atoms with Crippen LogP contribution >= 0.6 is 11.6 Å². The largest absolute Gasteiger partial charge is 0.330 e. The Kier molecular flexibility index (Phi) is 5.60. The fraction of sp³-hybridized carbons (Fsp3) is 0.444. The lowest BCUT2D eigenvalue weighted by atomic mass is 10.1. The Labute approximate surface area is 155 Å². The summed E-state index contributed by atoms with van der Waals surface area (Å²) in [7, 11) is 3.11. The van der Waals surface area contributed by atoms with Crippen molar-refractivity contribution in [3.8, 4) is 0 Å². The second kappa shape index (κ2) is 7.73. The normalized spacial score (nSPS) is 17.2. The molecule has 1 saturated heterocycles. The monoisotopic (exact) mass is 380 g/mol. The van der Waals surface area contributed by atoms with Crippen molar-refractivity contribution in [3.05, 3.63) is 67.2 Å². The van der Waals surface area contributed by atoms with Gasteiger partial charge in [-0.2, -0.15) is 0 Å². The third kappa shape index (κ3) is 3.90. The number of benzene rings is 1. The predicted octanol–water partition coefficient (Wildman–Crippen LogP) is 1.24. The first-order chi connectivity index (χ1) is 12.4. The summed E-state index contributed by atoms with van der Waals surface area (Å²) in [6.45, 7) is 2.60. The molecule has 1 N–H and O–H groups in total. The van der Waals surface area contributed by atoms with Crippen molar-refractivity contribution < 1.29 is 4.39 Å². The molecule has 1 aromatic heterocycles. The summed E-state index contributed by atoms with van der Waals surface area (Å²) < 4.78 is 15.9. The van der Waals surface area contributed by atoms with Crippen molar-refractivity contribution in [1.82, 2.24) is 19.4 Å². The third-order valence-corrected chi connectivity index (χ3v) is 5.18. The van der Waals surface area contributed by atoms with E-state index >= 15 is 0 Å². The van der Waals surface area contributed by atoms with Crippen LogP contribution in [0, 0.1) is 5.82 Å². The number of nitrogens with zero attached hydrogens (tertiary/aromatic N) is 3. The van der Waals surface area contributed by atoms with Crippen molar-refractivity contribution in [2.75, 3.05) is 13.1 Å². The van der Waals surface area contributed by atoms with Gasteiger partial charge in [-0.25, -0.2) is 9.18 Å². The first kappa shape index (κ1) is 18.8. The van der Waals surface area contributed by atoms with Crippen molar-refractivity contribution in [3.63, 3.8) is 0 Å². The van der Waals surface area contributed by atoms with E-state index in [2.05, 4.69) is 10.2 Å². The van der Waals surface area contributed by atoms with Crippen molar-refractivity contribution in [2.24, 2.45) is 14.1 Å². The SMILES string of the molecule is Cn1cc(CN(Cc2ccc(F)cc2Cl)[C@H]2CCNC2)c(=O)n(C)c1=O. The fourth-order valence-corrected chi connectivity index (χ4v) is 3.57. The number of rotatable bonds is 5. The van der Waals surface area contributed by atoms with Gasteiger partial charge in [0.25, 0.3) is 5.56 Å². The predicted molar refractivity (Wildman–Crippen MR) is 98.9 cm³/mol. The molecule has 6 nitrogen and oxygen atoms in total. The van der Waals surface area contributed by atoms with E-state index in [-0.39, 0.29) is 23.1 Å². The molecule has 1 aliphatic rings. The molecular weight excluding hydrogens is 359 g/mol. The maximum Gasteiger partial charge on any atom is 0.330 e. The van der Waals surface area contributed by atoms with Gasteiger partial charge < -0.3 is 9.88 Å². The molecule has 8 heteroatoms. The molecule has 2 heterocycles. The molecule has 1 aromatic carbocycles. The van der Waals surface area contributed by atoms with Crippen LogP contribution in [-0.4, -0.2) is 33.2 Å². The highest BCUT2D eigenvalue weighted by molar-refractivity contribution is 6.31. The van der Waals surface area contributed by atoms with E-state index in [9.17, 15) is 14.0 Å². The molecule has 0 unspecified atom stereocenters. The van der Waals surface area contributed by atoms with E-state index < -0.39 is 0 Å². The molecule has 0 saturated carbocycles. The molecule has 26 heavy (non-hydrogen) atoms. The Morgan fingerprint density at radius 3 is 2.65 bits per heavy atom. The van der Waals surface area contributed by atoms with Gasteiger partial charge in [0, 0.05) is 56.6 Å². The van der Waals surface area contributed by atoms with Crippen LogP contribution in [0.3, 0.4) is 0 Å². The Morgan fingerprint density at radius 1 is 1.27 bits per heavy atom. The highest BCUT2D eigenvalue weighted by Crippen LogP contribution is 2.22. The summed E-state index contributed by atoms with van der Waals surface area (Å²) in [5.74, 6) is -0.375. The Morgan fingerprint density at radius 2 is 2.00 bits per heavy atom. The molecule has 1 aliphatic heterocycles. The summed E-state index contributed by atoms with van der Waals surface area (Å²) in [5, 5.41) is 3.69. The molecule has 0 spiro atoms. The lowest BCUT2D eigenvalue weighted by Gasteiger charge is -2.28. The second-order valence-corrected chi connectivity index (χ2v) is 7.11. The Hall–Kier alpha value is -1.96. The van der Waals surface area contributed by atoms with Crippen LogP contribution in [0.25, 0.3) is 0 Å². The molecule has 1 atom stereocenters. The van der Waals surface area contributed by atoms with Crippen LogP contribution in [0.5, 0.6) is 0 Å². The first-order valence-electron chi connectivity index (χ1n) is 8.51. The summed E-state index contributed by atoms with van der Waals surface area (Å²) in [4.78, 5) is 26.5. The summed E-state index contributed by atoms with van der Waals surface area (Å²) >= 11 is 6.19. The standard InChI is InChI=1S/C18H22ClFN4O2/c1-22-9-13(17(25)23(2)18(22)26)11-24(15-5-6-21-8-15)10-12-3-4-14(20)7-16(12)19/h3-4,7,9,15,21H,5-6,8,10-11H2,1-2H3/t15-/m0/s1. The van der Waals surface area contributed by atoms with Crippen LogP contribution in [0.15, 0.2) is 34.0 Å². The van der Waals surface area contributed by atoms with Gasteiger partial charge in [-0.3, -0.25) is 14.3 Å². The van der Waals surface area contributed by atoms with Gasteiger partial charge in [-0.05, 0) is 30.7 Å². The average Bonchev–Trinajstić information content (AvgIpc) is 3.13. The van der Waals surface area contributed by atoms with Crippen LogP contribution in [-0.2, 0) is 27.2 Å². The van der Waals surface area contributed by atoms with Crippen LogP contribution in [0.2, 0.25) is 5.02 Å². The van der Waals surface area contributed by atoms with Crippen LogP contribution in [0.1, 0.15) is 17.5 Å². The number of aromatic nitrogens is 2. The molecular formula is C18H22ClFN4O2. The zero-order valence-electron chi connectivity index (χ0n) is 14.8. The first-order valence-corrected chi connectivity index (χ1v) is 8.89. The molecule has 0 bridgehead atoms. The minimum atomic E-state index is -0.375. The number of aryl methyl sites for hydroxylation is 1. The number of hydrogen-bond acceptors (Lipinski definition) is 4. The quantitative estimate of drug-likeness (QED) is 0.848. The van der Waals surface area contributed by atoms with E-state index in [1.807, 2.05) is 0 Å². The highest BCUT2D eigenvalue weighted by atomic mass is 35.5. The summed E-state index contributed by atoms with van der Waals surface area (Å²) in [5.41, 5.74) is 0.699. The van der Waals surface area contributed by atoms with Gasteiger partial charge in [-0.1, -0.05) is 17.7 Å². The van der Waals surface area contributed by atoms with E-state index in [1.165, 1.54) is 23.7 Å². The Balaban J connectivity index is 1.92. The van der Waals surface area contributed by atoms with Crippen LogP contribution in [0.4, 0.5) is 4.39 Å². The lowest BCUT2D eigenvalue weighted by molar-refractivity contribution is 0.188. The van der Waals surface area contributed by atoms with Gasteiger partial charge >= 0.3 is 5.69 Å². The number of halogens is 2. The van der Waals surface area contributed by atoms with Crippen molar-refractivity contribution in [2.45, 2.75) is 25.6 Å². The van der Waals surface area contributed by atoms with Crippen molar-refractivity contribution >= 4 is 11.6 Å². The zero-order valence-corrected chi connectivity index (χ0v) is 15.6.